The minimum atomic E-state index is -3.88. The number of benzene rings is 1. The van der Waals surface area contributed by atoms with Gasteiger partial charge in [-0.05, 0) is 31.0 Å². The summed E-state index contributed by atoms with van der Waals surface area (Å²) in [5, 5.41) is 0. The summed E-state index contributed by atoms with van der Waals surface area (Å²) in [6.45, 7) is 1.36. The molecule has 1 aliphatic rings. The highest BCUT2D eigenvalue weighted by Gasteiger charge is 2.23. The van der Waals surface area contributed by atoms with Gasteiger partial charge >= 0.3 is 0 Å². The second-order valence-electron chi connectivity index (χ2n) is 5.01. The average Bonchev–Trinajstić information content (AvgIpc) is 2.74. The Balaban J connectivity index is 2.38. The molecule has 0 spiro atoms. The van der Waals surface area contributed by atoms with E-state index in [-0.39, 0.29) is 16.4 Å². The minimum absolute atomic E-state index is 0.0943. The molecule has 2 rings (SSSR count). The summed E-state index contributed by atoms with van der Waals surface area (Å²) in [5.41, 5.74) is 0.237. The van der Waals surface area contributed by atoms with Crippen molar-refractivity contribution in [2.45, 2.75) is 30.6 Å². The smallest absolute Gasteiger partial charge is 0.261 e. The van der Waals surface area contributed by atoms with Crippen LogP contribution in [-0.4, -0.2) is 39.4 Å². The predicted molar refractivity (Wildman–Crippen MR) is 80.4 cm³/mol. The quantitative estimate of drug-likeness (QED) is 0.799. The lowest BCUT2D eigenvalue weighted by Gasteiger charge is -2.21. The van der Waals surface area contributed by atoms with Crippen molar-refractivity contribution in [2.75, 3.05) is 20.2 Å². The zero-order chi connectivity index (χ0) is 15.5. The highest BCUT2D eigenvalue weighted by Crippen LogP contribution is 2.26. The third-order valence-electron chi connectivity index (χ3n) is 3.58. The fourth-order valence-electron chi connectivity index (χ4n) is 2.45. The first-order valence-electron chi connectivity index (χ1n) is 6.85. The number of carbonyl (C=O) groups excluding carboxylic acids is 1. The molecule has 1 aromatic carbocycles. The number of carbonyl (C=O) groups is 1. The van der Waals surface area contributed by atoms with Crippen molar-refractivity contribution < 1.29 is 17.9 Å². The van der Waals surface area contributed by atoms with Gasteiger partial charge in [0.15, 0.2) is 0 Å². The molecule has 21 heavy (non-hydrogen) atoms. The minimum Gasteiger partial charge on any atom is -0.496 e. The van der Waals surface area contributed by atoms with Crippen LogP contribution < -0.4 is 4.74 Å². The van der Waals surface area contributed by atoms with E-state index in [4.69, 9.17) is 15.4 Å². The Hall–Kier alpha value is -1.27. The van der Waals surface area contributed by atoms with Crippen LogP contribution in [0.5, 0.6) is 5.75 Å². The molecule has 116 valence electrons. The van der Waals surface area contributed by atoms with Gasteiger partial charge in [0, 0.05) is 23.8 Å². The Labute approximate surface area is 129 Å². The largest absolute Gasteiger partial charge is 0.496 e. The molecule has 1 heterocycles. The lowest BCUT2D eigenvalue weighted by atomic mass is 10.1. The summed E-state index contributed by atoms with van der Waals surface area (Å²) in [7, 11) is 2.92. The molecule has 1 aliphatic heterocycles. The molecule has 0 atom stereocenters. The van der Waals surface area contributed by atoms with E-state index in [1.54, 1.807) is 4.90 Å². The van der Waals surface area contributed by atoms with E-state index in [9.17, 15) is 13.2 Å². The van der Waals surface area contributed by atoms with E-state index in [1.807, 2.05) is 0 Å². The van der Waals surface area contributed by atoms with Crippen molar-refractivity contribution in [2.24, 2.45) is 0 Å². The van der Waals surface area contributed by atoms with Crippen LogP contribution in [0.25, 0.3) is 0 Å². The summed E-state index contributed by atoms with van der Waals surface area (Å²) in [6, 6.07) is 4.08. The summed E-state index contributed by atoms with van der Waals surface area (Å²) in [5.74, 6) is 0.143. The summed E-state index contributed by atoms with van der Waals surface area (Å²) >= 11 is 0. The number of halogens is 1. The maximum absolute atomic E-state index is 12.6. The second-order valence-corrected chi connectivity index (χ2v) is 7.57. The molecule has 0 unspecified atom stereocenters. The van der Waals surface area contributed by atoms with Crippen LogP contribution >= 0.6 is 10.7 Å². The SMILES string of the molecule is COc1ccc(S(=O)(=O)Cl)cc1C(=O)N1CCCCCC1. The first-order chi connectivity index (χ1) is 9.93. The third kappa shape index (κ3) is 3.89. The van der Waals surface area contributed by atoms with E-state index in [1.165, 1.54) is 25.3 Å². The molecule has 0 bridgehead atoms. The van der Waals surface area contributed by atoms with E-state index < -0.39 is 9.05 Å². The van der Waals surface area contributed by atoms with Gasteiger partial charge in [0.1, 0.15) is 5.75 Å². The standard InChI is InChI=1S/C14H18ClNO4S/c1-20-13-7-6-11(21(15,18)19)10-12(13)14(17)16-8-4-2-3-5-9-16/h6-7,10H,2-5,8-9H2,1H3. The van der Waals surface area contributed by atoms with Crippen molar-refractivity contribution in [3.63, 3.8) is 0 Å². The molecule has 5 nitrogen and oxygen atoms in total. The van der Waals surface area contributed by atoms with Crippen molar-refractivity contribution >= 4 is 25.6 Å². The van der Waals surface area contributed by atoms with E-state index in [0.717, 1.165) is 25.7 Å². The molecular weight excluding hydrogens is 314 g/mol. The highest BCUT2D eigenvalue weighted by atomic mass is 35.7. The Morgan fingerprint density at radius 3 is 2.33 bits per heavy atom. The van der Waals surface area contributed by atoms with Crippen LogP contribution in [0.3, 0.4) is 0 Å². The Morgan fingerprint density at radius 1 is 1.19 bits per heavy atom. The van der Waals surface area contributed by atoms with Gasteiger partial charge < -0.3 is 9.64 Å². The fraction of sp³-hybridized carbons (Fsp3) is 0.500. The molecule has 0 aromatic heterocycles. The number of hydrogen-bond donors (Lipinski definition) is 0. The molecule has 0 saturated carbocycles. The van der Waals surface area contributed by atoms with Crippen LogP contribution in [0.1, 0.15) is 36.0 Å². The van der Waals surface area contributed by atoms with Crippen LogP contribution in [0.15, 0.2) is 23.1 Å². The zero-order valence-corrected chi connectivity index (χ0v) is 13.4. The van der Waals surface area contributed by atoms with Crippen LogP contribution in [-0.2, 0) is 9.05 Å². The van der Waals surface area contributed by atoms with E-state index in [0.29, 0.717) is 18.8 Å². The number of methoxy groups -OCH3 is 1. The second kappa shape index (κ2) is 6.66. The van der Waals surface area contributed by atoms with Crippen LogP contribution in [0.2, 0.25) is 0 Å². The van der Waals surface area contributed by atoms with E-state index in [2.05, 4.69) is 0 Å². The molecule has 1 saturated heterocycles. The van der Waals surface area contributed by atoms with Crippen molar-refractivity contribution in [1.29, 1.82) is 0 Å². The third-order valence-corrected chi connectivity index (χ3v) is 4.93. The van der Waals surface area contributed by atoms with Gasteiger partial charge in [-0.1, -0.05) is 12.8 Å². The normalized spacial score (nSPS) is 16.4. The predicted octanol–water partition coefficient (Wildman–Crippen LogP) is 2.64. The van der Waals surface area contributed by atoms with Crippen molar-refractivity contribution in [1.82, 2.24) is 4.90 Å². The molecule has 0 radical (unpaired) electrons. The van der Waals surface area contributed by atoms with Gasteiger partial charge in [-0.25, -0.2) is 8.42 Å². The van der Waals surface area contributed by atoms with Gasteiger partial charge in [0.2, 0.25) is 0 Å². The zero-order valence-electron chi connectivity index (χ0n) is 11.8. The number of likely N-dealkylation sites (tertiary alicyclic amines) is 1. The fourth-order valence-corrected chi connectivity index (χ4v) is 3.23. The van der Waals surface area contributed by atoms with E-state index >= 15 is 0 Å². The van der Waals surface area contributed by atoms with Gasteiger partial charge in [0.25, 0.3) is 15.0 Å². The maximum Gasteiger partial charge on any atom is 0.261 e. The molecule has 7 heteroatoms. The Kier molecular flexibility index (Phi) is 5.11. The number of rotatable bonds is 3. The molecular formula is C14H18ClNO4S. The number of hydrogen-bond acceptors (Lipinski definition) is 4. The molecule has 0 aliphatic carbocycles. The maximum atomic E-state index is 12.6. The first kappa shape index (κ1) is 16.1. The highest BCUT2D eigenvalue weighted by molar-refractivity contribution is 8.13. The summed E-state index contributed by atoms with van der Waals surface area (Å²) in [6.07, 6.45) is 4.14. The van der Waals surface area contributed by atoms with Crippen molar-refractivity contribution in [3.8, 4) is 5.75 Å². The molecule has 1 fully saturated rings. The monoisotopic (exact) mass is 331 g/mol. The topological polar surface area (TPSA) is 63.7 Å². The number of nitrogens with zero attached hydrogens (tertiary/aromatic N) is 1. The Morgan fingerprint density at radius 2 is 1.81 bits per heavy atom. The lowest BCUT2D eigenvalue weighted by Crippen LogP contribution is -2.32. The van der Waals surface area contributed by atoms with Gasteiger partial charge in [0.05, 0.1) is 17.6 Å². The summed E-state index contributed by atoms with van der Waals surface area (Å²) < 4.78 is 28.0. The number of ether oxygens (including phenoxy) is 1. The lowest BCUT2D eigenvalue weighted by molar-refractivity contribution is 0.0758. The Bertz CT molecular complexity index is 622. The first-order valence-corrected chi connectivity index (χ1v) is 9.16. The molecule has 1 amide bonds. The van der Waals surface area contributed by atoms with Crippen LogP contribution in [0.4, 0.5) is 0 Å². The van der Waals surface area contributed by atoms with Gasteiger partial charge in [-0.15, -0.1) is 0 Å². The molecule has 0 N–H and O–H groups in total. The van der Waals surface area contributed by atoms with Gasteiger partial charge in [-0.3, -0.25) is 4.79 Å². The summed E-state index contributed by atoms with van der Waals surface area (Å²) in [4.78, 5) is 14.3. The van der Waals surface area contributed by atoms with Crippen molar-refractivity contribution in [3.05, 3.63) is 23.8 Å². The number of amides is 1. The molecule has 1 aromatic rings. The van der Waals surface area contributed by atoms with Crippen LogP contribution in [0, 0.1) is 0 Å². The average molecular weight is 332 g/mol. The van der Waals surface area contributed by atoms with Gasteiger partial charge in [-0.2, -0.15) is 0 Å².